The van der Waals surface area contributed by atoms with E-state index in [0.29, 0.717) is 22.8 Å². The molecule has 2 aromatic heterocycles. The third-order valence-electron chi connectivity index (χ3n) is 3.59. The Balaban J connectivity index is 1.95. The fraction of sp³-hybridized carbons (Fsp3) is 0.385. The first kappa shape index (κ1) is 13.0. The quantitative estimate of drug-likeness (QED) is 0.844. The van der Waals surface area contributed by atoms with E-state index in [1.54, 1.807) is 0 Å². The Morgan fingerprint density at radius 1 is 1.35 bits per heavy atom. The van der Waals surface area contributed by atoms with Crippen LogP contribution in [-0.2, 0) is 12.8 Å². The molecule has 1 unspecified atom stereocenters. The van der Waals surface area contributed by atoms with Gasteiger partial charge in [0, 0.05) is 30.6 Å². The van der Waals surface area contributed by atoms with Crippen LogP contribution in [0.4, 0.5) is 13.2 Å². The lowest BCUT2D eigenvalue weighted by molar-refractivity contribution is -0.177. The highest BCUT2D eigenvalue weighted by Gasteiger charge is 2.42. The fourth-order valence-electron chi connectivity index (χ4n) is 2.49. The lowest BCUT2D eigenvalue weighted by Crippen LogP contribution is -2.28. The number of nitrogens with zero attached hydrogens (tertiary/aromatic N) is 1. The second-order valence-corrected chi connectivity index (χ2v) is 4.91. The standard InChI is InChI=1S/C13H12F3N3O/c14-13(15,16)7-1-2-9-10(5-7)19-12(18-9)8-6-17-4-3-11(8)20/h3-4,6-7H,1-2,5H2,(H,17,20)(H,18,19). The summed E-state index contributed by atoms with van der Waals surface area (Å²) in [5.74, 6) is -1.00. The van der Waals surface area contributed by atoms with E-state index >= 15 is 0 Å². The van der Waals surface area contributed by atoms with Gasteiger partial charge in [-0.2, -0.15) is 13.2 Å². The Kier molecular flexibility index (Phi) is 2.92. The number of H-pyrrole nitrogens is 2. The summed E-state index contributed by atoms with van der Waals surface area (Å²) in [5, 5.41) is 0. The molecule has 2 N–H and O–H groups in total. The van der Waals surface area contributed by atoms with Crippen LogP contribution < -0.4 is 5.43 Å². The van der Waals surface area contributed by atoms with Crippen LogP contribution in [0.5, 0.6) is 0 Å². The Morgan fingerprint density at radius 2 is 2.15 bits per heavy atom. The van der Waals surface area contributed by atoms with Crippen molar-refractivity contribution in [2.45, 2.75) is 25.4 Å². The largest absolute Gasteiger partial charge is 0.392 e. The van der Waals surface area contributed by atoms with Crippen LogP contribution >= 0.6 is 0 Å². The van der Waals surface area contributed by atoms with Crippen LogP contribution in [0.2, 0.25) is 0 Å². The molecule has 0 saturated heterocycles. The molecular weight excluding hydrogens is 271 g/mol. The third kappa shape index (κ3) is 2.23. The molecule has 1 aliphatic carbocycles. The highest BCUT2D eigenvalue weighted by atomic mass is 19.4. The number of hydrogen-bond acceptors (Lipinski definition) is 2. The molecule has 7 heteroatoms. The minimum Gasteiger partial charge on any atom is -0.367 e. The number of imidazole rings is 1. The second-order valence-electron chi connectivity index (χ2n) is 4.91. The Bertz CT molecular complexity index is 687. The zero-order valence-electron chi connectivity index (χ0n) is 10.4. The Labute approximate surface area is 112 Å². The lowest BCUT2D eigenvalue weighted by atomic mass is 9.89. The number of aromatic amines is 2. The minimum atomic E-state index is -4.19. The summed E-state index contributed by atoms with van der Waals surface area (Å²) < 4.78 is 38.2. The third-order valence-corrected chi connectivity index (χ3v) is 3.59. The monoisotopic (exact) mass is 283 g/mol. The fourth-order valence-corrected chi connectivity index (χ4v) is 2.49. The second kappa shape index (κ2) is 4.50. The van der Waals surface area contributed by atoms with Crippen molar-refractivity contribution in [2.75, 3.05) is 0 Å². The van der Waals surface area contributed by atoms with Gasteiger partial charge in [-0.1, -0.05) is 0 Å². The van der Waals surface area contributed by atoms with Gasteiger partial charge in [0.1, 0.15) is 5.82 Å². The van der Waals surface area contributed by atoms with Gasteiger partial charge < -0.3 is 9.97 Å². The number of fused-ring (bicyclic) bond motifs is 1. The van der Waals surface area contributed by atoms with Crippen LogP contribution in [0.3, 0.4) is 0 Å². The van der Waals surface area contributed by atoms with Crippen molar-refractivity contribution in [1.82, 2.24) is 15.0 Å². The van der Waals surface area contributed by atoms with Crippen molar-refractivity contribution in [3.8, 4) is 11.4 Å². The lowest BCUT2D eigenvalue weighted by Gasteiger charge is -2.23. The maximum atomic E-state index is 12.7. The molecule has 0 aliphatic heterocycles. The molecule has 0 saturated carbocycles. The first-order valence-electron chi connectivity index (χ1n) is 6.27. The van der Waals surface area contributed by atoms with Crippen LogP contribution in [0, 0.1) is 5.92 Å². The van der Waals surface area contributed by atoms with E-state index in [4.69, 9.17) is 0 Å². The van der Waals surface area contributed by atoms with Gasteiger partial charge in [0.05, 0.1) is 17.2 Å². The number of nitrogens with one attached hydrogen (secondary N) is 2. The average molecular weight is 283 g/mol. The van der Waals surface area contributed by atoms with E-state index in [-0.39, 0.29) is 24.7 Å². The van der Waals surface area contributed by atoms with E-state index in [2.05, 4.69) is 15.0 Å². The van der Waals surface area contributed by atoms with E-state index in [9.17, 15) is 18.0 Å². The topological polar surface area (TPSA) is 61.5 Å². The summed E-state index contributed by atoms with van der Waals surface area (Å²) in [6.45, 7) is 0. The van der Waals surface area contributed by atoms with Crippen molar-refractivity contribution in [3.63, 3.8) is 0 Å². The molecule has 0 amide bonds. The average Bonchev–Trinajstić information content (AvgIpc) is 2.80. The summed E-state index contributed by atoms with van der Waals surface area (Å²) >= 11 is 0. The molecule has 20 heavy (non-hydrogen) atoms. The van der Waals surface area contributed by atoms with Crippen LogP contribution in [0.25, 0.3) is 11.4 Å². The summed E-state index contributed by atoms with van der Waals surface area (Å²) in [4.78, 5) is 21.6. The minimum absolute atomic E-state index is 0.0476. The SMILES string of the molecule is O=c1cc[nH]cc1-c1nc2c([nH]1)CC(C(F)(F)F)CC2. The summed E-state index contributed by atoms with van der Waals surface area (Å²) in [7, 11) is 0. The summed E-state index contributed by atoms with van der Waals surface area (Å²) in [5.41, 5.74) is 1.23. The van der Waals surface area contributed by atoms with Gasteiger partial charge in [-0.3, -0.25) is 4.79 Å². The van der Waals surface area contributed by atoms with E-state index < -0.39 is 12.1 Å². The van der Waals surface area contributed by atoms with Gasteiger partial charge in [0.15, 0.2) is 5.43 Å². The molecule has 1 aliphatic rings. The molecule has 0 bridgehead atoms. The first-order chi connectivity index (χ1) is 9.45. The van der Waals surface area contributed by atoms with Crippen molar-refractivity contribution < 1.29 is 13.2 Å². The van der Waals surface area contributed by atoms with Gasteiger partial charge in [0.25, 0.3) is 0 Å². The highest BCUT2D eigenvalue weighted by molar-refractivity contribution is 5.54. The van der Waals surface area contributed by atoms with Crippen molar-refractivity contribution in [1.29, 1.82) is 0 Å². The number of halogens is 3. The maximum absolute atomic E-state index is 12.7. The predicted molar refractivity (Wildman–Crippen MR) is 66.2 cm³/mol. The summed E-state index contributed by atoms with van der Waals surface area (Å²) in [6.07, 6.45) is -0.974. The van der Waals surface area contributed by atoms with Gasteiger partial charge in [0.2, 0.25) is 0 Å². The van der Waals surface area contributed by atoms with Crippen molar-refractivity contribution in [2.24, 2.45) is 5.92 Å². The molecule has 0 radical (unpaired) electrons. The van der Waals surface area contributed by atoms with Crippen LogP contribution in [0.15, 0.2) is 23.3 Å². The number of rotatable bonds is 1. The number of hydrogen-bond donors (Lipinski definition) is 2. The van der Waals surface area contributed by atoms with Crippen molar-refractivity contribution >= 4 is 0 Å². The molecule has 2 aromatic rings. The first-order valence-corrected chi connectivity index (χ1v) is 6.27. The predicted octanol–water partition coefficient (Wildman–Crippen LogP) is 2.43. The number of alkyl halides is 3. The van der Waals surface area contributed by atoms with E-state index in [0.717, 1.165) is 0 Å². The molecule has 0 spiro atoms. The molecule has 4 nitrogen and oxygen atoms in total. The zero-order chi connectivity index (χ0) is 14.3. The summed E-state index contributed by atoms with van der Waals surface area (Å²) in [6, 6.07) is 1.36. The van der Waals surface area contributed by atoms with E-state index in [1.807, 2.05) is 0 Å². The van der Waals surface area contributed by atoms with Gasteiger partial charge in [-0.05, 0) is 12.8 Å². The smallest absolute Gasteiger partial charge is 0.367 e. The molecule has 1 atom stereocenters. The Morgan fingerprint density at radius 3 is 2.85 bits per heavy atom. The normalized spacial score (nSPS) is 18.9. The number of aromatic nitrogens is 3. The van der Waals surface area contributed by atoms with Crippen molar-refractivity contribution in [3.05, 3.63) is 40.1 Å². The molecule has 0 fully saturated rings. The number of pyridine rings is 1. The zero-order valence-corrected chi connectivity index (χ0v) is 10.4. The maximum Gasteiger partial charge on any atom is 0.392 e. The van der Waals surface area contributed by atoms with Gasteiger partial charge in [-0.15, -0.1) is 0 Å². The molecule has 0 aromatic carbocycles. The van der Waals surface area contributed by atoms with E-state index in [1.165, 1.54) is 18.5 Å². The van der Waals surface area contributed by atoms with Gasteiger partial charge >= 0.3 is 6.18 Å². The Hall–Kier alpha value is -2.05. The van der Waals surface area contributed by atoms with Gasteiger partial charge in [-0.25, -0.2) is 4.98 Å². The molecule has 2 heterocycles. The van der Waals surface area contributed by atoms with Crippen LogP contribution in [-0.4, -0.2) is 21.1 Å². The molecule has 3 rings (SSSR count). The molecule has 106 valence electrons. The van der Waals surface area contributed by atoms with Crippen LogP contribution in [0.1, 0.15) is 17.8 Å². The highest BCUT2D eigenvalue weighted by Crippen LogP contribution is 2.36. The molecular formula is C13H12F3N3O. The number of aryl methyl sites for hydroxylation is 1.